The molecule has 0 amide bonds. The minimum Gasteiger partial charge on any atom is -0.493 e. The lowest BCUT2D eigenvalue weighted by Crippen LogP contribution is -2.35. The molecule has 1 saturated carbocycles. The molecule has 0 radical (unpaired) electrons. The summed E-state index contributed by atoms with van der Waals surface area (Å²) >= 11 is 0. The predicted molar refractivity (Wildman–Crippen MR) is 99.4 cm³/mol. The molecule has 0 spiro atoms. The Hall–Kier alpha value is -1.10. The van der Waals surface area contributed by atoms with Gasteiger partial charge in [0.2, 0.25) is 0 Å². The molecule has 4 nitrogen and oxygen atoms in total. The second kappa shape index (κ2) is 7.85. The van der Waals surface area contributed by atoms with Crippen LogP contribution in [-0.4, -0.2) is 26.4 Å². The van der Waals surface area contributed by atoms with Gasteiger partial charge in [0.1, 0.15) is 5.75 Å². The lowest BCUT2D eigenvalue weighted by molar-refractivity contribution is 0.183. The lowest BCUT2D eigenvalue weighted by atomic mass is 9.82. The van der Waals surface area contributed by atoms with Gasteiger partial charge in [-0.3, -0.25) is 0 Å². The van der Waals surface area contributed by atoms with Crippen molar-refractivity contribution < 1.29 is 9.47 Å². The second-order valence-electron chi connectivity index (χ2n) is 8.17. The van der Waals surface area contributed by atoms with Gasteiger partial charge < -0.3 is 20.9 Å². The monoisotopic (exact) mass is 334 g/mol. The number of methoxy groups -OCH3 is 1. The summed E-state index contributed by atoms with van der Waals surface area (Å²) in [5.74, 6) is 0.961. The van der Waals surface area contributed by atoms with Crippen LogP contribution in [0.25, 0.3) is 0 Å². The first-order valence-electron chi connectivity index (χ1n) is 9.07. The van der Waals surface area contributed by atoms with Crippen molar-refractivity contribution in [1.29, 1.82) is 0 Å². The van der Waals surface area contributed by atoms with E-state index in [0.717, 1.165) is 50.0 Å². The number of rotatable bonds is 7. The molecule has 1 aliphatic rings. The molecule has 1 aromatic rings. The molecule has 1 aromatic carbocycles. The smallest absolute Gasteiger partial charge is 0.123 e. The van der Waals surface area contributed by atoms with Gasteiger partial charge in [-0.1, -0.05) is 32.9 Å². The number of ether oxygens (including phenoxy) is 2. The summed E-state index contributed by atoms with van der Waals surface area (Å²) in [6.45, 7) is 8.11. The topological polar surface area (TPSA) is 70.5 Å². The SMILES string of the molecule is COCCCCOc1cc(C2(N)CCC(N)C2)ccc1C(C)(C)C. The predicted octanol–water partition coefficient (Wildman–Crippen LogP) is 3.45. The summed E-state index contributed by atoms with van der Waals surface area (Å²) in [4.78, 5) is 0. The molecule has 0 aliphatic heterocycles. The van der Waals surface area contributed by atoms with E-state index >= 15 is 0 Å². The summed E-state index contributed by atoms with van der Waals surface area (Å²) in [5, 5.41) is 0. The highest BCUT2D eigenvalue weighted by Crippen LogP contribution is 2.40. The van der Waals surface area contributed by atoms with Gasteiger partial charge in [0.15, 0.2) is 0 Å². The Morgan fingerprint density at radius 2 is 1.92 bits per heavy atom. The van der Waals surface area contributed by atoms with Crippen molar-refractivity contribution in [1.82, 2.24) is 0 Å². The zero-order valence-electron chi connectivity index (χ0n) is 15.7. The molecule has 136 valence electrons. The zero-order chi connectivity index (χ0) is 17.8. The number of nitrogens with two attached hydrogens (primary N) is 2. The standard InChI is InChI=1S/C20H34N2O2/c1-19(2,3)17-8-7-15(20(22)10-9-16(21)14-20)13-18(17)24-12-6-5-11-23-4/h7-8,13,16H,5-6,9-12,14,21-22H2,1-4H3. The van der Waals surface area contributed by atoms with E-state index in [-0.39, 0.29) is 17.0 Å². The summed E-state index contributed by atoms with van der Waals surface area (Å²) in [5.41, 5.74) is 14.8. The molecular formula is C20H34N2O2. The summed E-state index contributed by atoms with van der Waals surface area (Å²) in [6.07, 6.45) is 4.77. The molecule has 2 rings (SSSR count). The van der Waals surface area contributed by atoms with Gasteiger partial charge in [0.05, 0.1) is 6.61 Å². The average Bonchev–Trinajstić information content (AvgIpc) is 2.86. The molecule has 0 bridgehead atoms. The number of benzene rings is 1. The van der Waals surface area contributed by atoms with E-state index in [4.69, 9.17) is 20.9 Å². The van der Waals surface area contributed by atoms with Crippen LogP contribution < -0.4 is 16.2 Å². The van der Waals surface area contributed by atoms with Crippen LogP contribution >= 0.6 is 0 Å². The van der Waals surface area contributed by atoms with Gasteiger partial charge in [-0.15, -0.1) is 0 Å². The van der Waals surface area contributed by atoms with Crippen LogP contribution in [0.4, 0.5) is 0 Å². The number of hydrogen-bond donors (Lipinski definition) is 2. The highest BCUT2D eigenvalue weighted by molar-refractivity contribution is 5.44. The van der Waals surface area contributed by atoms with Crippen LogP contribution in [-0.2, 0) is 15.7 Å². The van der Waals surface area contributed by atoms with Gasteiger partial charge in [-0.25, -0.2) is 0 Å². The summed E-state index contributed by atoms with van der Waals surface area (Å²) in [6, 6.07) is 6.69. The minimum absolute atomic E-state index is 0.0359. The van der Waals surface area contributed by atoms with Gasteiger partial charge in [-0.2, -0.15) is 0 Å². The van der Waals surface area contributed by atoms with Crippen molar-refractivity contribution in [3.05, 3.63) is 29.3 Å². The third-order valence-electron chi connectivity index (χ3n) is 4.95. The van der Waals surface area contributed by atoms with E-state index in [9.17, 15) is 0 Å². The Kier molecular flexibility index (Phi) is 6.29. The molecule has 1 aliphatic carbocycles. The van der Waals surface area contributed by atoms with Gasteiger partial charge in [0.25, 0.3) is 0 Å². The van der Waals surface area contributed by atoms with E-state index in [2.05, 4.69) is 39.0 Å². The average molecular weight is 335 g/mol. The Balaban J connectivity index is 2.19. The zero-order valence-corrected chi connectivity index (χ0v) is 15.7. The molecular weight excluding hydrogens is 300 g/mol. The Bertz CT molecular complexity index is 539. The van der Waals surface area contributed by atoms with Crippen molar-refractivity contribution in [3.8, 4) is 5.75 Å². The van der Waals surface area contributed by atoms with E-state index in [1.165, 1.54) is 5.56 Å². The number of unbranched alkanes of at least 4 members (excludes halogenated alkanes) is 1. The molecule has 24 heavy (non-hydrogen) atoms. The maximum Gasteiger partial charge on any atom is 0.123 e. The van der Waals surface area contributed by atoms with E-state index in [1.54, 1.807) is 7.11 Å². The van der Waals surface area contributed by atoms with E-state index < -0.39 is 0 Å². The normalized spacial score (nSPS) is 24.3. The first-order chi connectivity index (χ1) is 11.3. The molecule has 4 heteroatoms. The van der Waals surface area contributed by atoms with Crippen LogP contribution in [0.5, 0.6) is 5.75 Å². The molecule has 1 fully saturated rings. The molecule has 0 heterocycles. The van der Waals surface area contributed by atoms with Crippen LogP contribution in [0.3, 0.4) is 0 Å². The maximum atomic E-state index is 6.64. The summed E-state index contributed by atoms with van der Waals surface area (Å²) < 4.78 is 11.2. The number of hydrogen-bond acceptors (Lipinski definition) is 4. The highest BCUT2D eigenvalue weighted by atomic mass is 16.5. The fourth-order valence-electron chi connectivity index (χ4n) is 3.48. The van der Waals surface area contributed by atoms with Crippen molar-refractivity contribution in [2.24, 2.45) is 11.5 Å². The lowest BCUT2D eigenvalue weighted by Gasteiger charge is -2.28. The van der Waals surface area contributed by atoms with Crippen molar-refractivity contribution in [3.63, 3.8) is 0 Å². The van der Waals surface area contributed by atoms with Crippen molar-refractivity contribution >= 4 is 0 Å². The van der Waals surface area contributed by atoms with Crippen LogP contribution in [0.1, 0.15) is 64.0 Å². The third kappa shape index (κ3) is 4.71. The van der Waals surface area contributed by atoms with Gasteiger partial charge in [-0.05, 0) is 54.7 Å². The van der Waals surface area contributed by atoms with E-state index in [0.29, 0.717) is 6.61 Å². The second-order valence-corrected chi connectivity index (χ2v) is 8.17. The quantitative estimate of drug-likeness (QED) is 0.749. The van der Waals surface area contributed by atoms with Crippen LogP contribution in [0.2, 0.25) is 0 Å². The molecule has 2 atom stereocenters. The van der Waals surface area contributed by atoms with Crippen LogP contribution in [0, 0.1) is 0 Å². The first kappa shape index (κ1) is 19.2. The van der Waals surface area contributed by atoms with Gasteiger partial charge >= 0.3 is 0 Å². The van der Waals surface area contributed by atoms with E-state index in [1.807, 2.05) is 0 Å². The fraction of sp³-hybridized carbons (Fsp3) is 0.700. The largest absolute Gasteiger partial charge is 0.493 e. The third-order valence-corrected chi connectivity index (χ3v) is 4.95. The van der Waals surface area contributed by atoms with Gasteiger partial charge in [0, 0.05) is 25.3 Å². The highest BCUT2D eigenvalue weighted by Gasteiger charge is 2.36. The minimum atomic E-state index is -0.315. The van der Waals surface area contributed by atoms with Crippen molar-refractivity contribution in [2.45, 2.75) is 69.9 Å². The Labute approximate surface area is 146 Å². The first-order valence-corrected chi connectivity index (χ1v) is 9.07. The Morgan fingerprint density at radius 1 is 1.21 bits per heavy atom. The van der Waals surface area contributed by atoms with Crippen LogP contribution in [0.15, 0.2) is 18.2 Å². The van der Waals surface area contributed by atoms with Crippen molar-refractivity contribution in [2.75, 3.05) is 20.3 Å². The fourth-order valence-corrected chi connectivity index (χ4v) is 3.48. The molecule has 0 saturated heterocycles. The molecule has 2 unspecified atom stereocenters. The molecule has 4 N–H and O–H groups in total. The maximum absolute atomic E-state index is 6.64. The summed E-state index contributed by atoms with van der Waals surface area (Å²) in [7, 11) is 1.73. The molecule has 0 aromatic heterocycles. The Morgan fingerprint density at radius 3 is 2.50 bits per heavy atom.